The molecule has 0 aliphatic rings. The van der Waals surface area contributed by atoms with Gasteiger partial charge in [0.25, 0.3) is 0 Å². The summed E-state index contributed by atoms with van der Waals surface area (Å²) in [5.41, 5.74) is 2.96. The molecule has 2 rings (SSSR count). The van der Waals surface area contributed by atoms with E-state index in [1.807, 2.05) is 12.1 Å². The van der Waals surface area contributed by atoms with E-state index >= 15 is 0 Å². The molecule has 0 aliphatic carbocycles. The summed E-state index contributed by atoms with van der Waals surface area (Å²) in [6.07, 6.45) is 2.59. The maximum absolute atomic E-state index is 10.7. The van der Waals surface area contributed by atoms with Crippen LogP contribution in [0, 0.1) is 5.92 Å². The molecule has 0 saturated carbocycles. The molecular weight excluding hydrogens is 228 g/mol. The van der Waals surface area contributed by atoms with E-state index in [0.717, 1.165) is 17.7 Å². The van der Waals surface area contributed by atoms with Crippen molar-refractivity contribution in [3.8, 4) is 11.3 Å². The lowest BCUT2D eigenvalue weighted by molar-refractivity contribution is 0.0685. The molecule has 0 amide bonds. The SMILES string of the molecule is CC(C)Cc1ccc(-c2cnc(C(=O)O)[nH]2)cc1. The van der Waals surface area contributed by atoms with Crippen LogP contribution >= 0.6 is 0 Å². The third-order valence-electron chi connectivity index (χ3n) is 2.69. The molecular formula is C14H16N2O2. The predicted octanol–water partition coefficient (Wildman–Crippen LogP) is 2.97. The number of rotatable bonds is 4. The summed E-state index contributed by atoms with van der Waals surface area (Å²) >= 11 is 0. The largest absolute Gasteiger partial charge is 0.475 e. The second-order valence-corrected chi connectivity index (χ2v) is 4.75. The van der Waals surface area contributed by atoms with Gasteiger partial charge in [-0.2, -0.15) is 0 Å². The first-order valence-electron chi connectivity index (χ1n) is 5.94. The number of carbonyl (C=O) groups is 1. The summed E-state index contributed by atoms with van der Waals surface area (Å²) < 4.78 is 0. The zero-order valence-electron chi connectivity index (χ0n) is 10.5. The summed E-state index contributed by atoms with van der Waals surface area (Å²) in [4.78, 5) is 17.3. The molecule has 0 unspecified atom stereocenters. The van der Waals surface area contributed by atoms with Crippen LogP contribution in [-0.2, 0) is 6.42 Å². The lowest BCUT2D eigenvalue weighted by Gasteiger charge is -2.05. The number of aromatic carboxylic acids is 1. The summed E-state index contributed by atoms with van der Waals surface area (Å²) in [6, 6.07) is 8.10. The minimum Gasteiger partial charge on any atom is -0.475 e. The van der Waals surface area contributed by atoms with Crippen molar-refractivity contribution in [2.24, 2.45) is 5.92 Å². The van der Waals surface area contributed by atoms with E-state index in [0.29, 0.717) is 5.92 Å². The molecule has 2 aromatic rings. The fourth-order valence-corrected chi connectivity index (χ4v) is 1.87. The molecule has 4 heteroatoms. The van der Waals surface area contributed by atoms with Crippen LogP contribution in [0.2, 0.25) is 0 Å². The van der Waals surface area contributed by atoms with Crippen LogP contribution in [-0.4, -0.2) is 21.0 Å². The Balaban J connectivity index is 2.20. The second-order valence-electron chi connectivity index (χ2n) is 4.75. The van der Waals surface area contributed by atoms with Gasteiger partial charge in [0, 0.05) is 0 Å². The van der Waals surface area contributed by atoms with E-state index in [-0.39, 0.29) is 5.82 Å². The number of carboxylic acid groups (broad SMARTS) is 1. The Bertz CT molecular complexity index is 541. The fourth-order valence-electron chi connectivity index (χ4n) is 1.87. The molecule has 0 atom stereocenters. The van der Waals surface area contributed by atoms with Gasteiger partial charge in [0.05, 0.1) is 11.9 Å². The van der Waals surface area contributed by atoms with Gasteiger partial charge in [-0.1, -0.05) is 38.1 Å². The molecule has 0 aliphatic heterocycles. The van der Waals surface area contributed by atoms with Crippen molar-refractivity contribution in [2.75, 3.05) is 0 Å². The maximum atomic E-state index is 10.7. The van der Waals surface area contributed by atoms with Gasteiger partial charge < -0.3 is 10.1 Å². The number of benzene rings is 1. The number of H-pyrrole nitrogens is 1. The molecule has 0 spiro atoms. The Kier molecular flexibility index (Phi) is 3.46. The van der Waals surface area contributed by atoms with Crippen LogP contribution in [0.1, 0.15) is 30.0 Å². The van der Waals surface area contributed by atoms with Crippen LogP contribution in [0.3, 0.4) is 0 Å². The fraction of sp³-hybridized carbons (Fsp3) is 0.286. The lowest BCUT2D eigenvalue weighted by Crippen LogP contribution is -1.98. The molecule has 0 fully saturated rings. The van der Waals surface area contributed by atoms with Gasteiger partial charge in [0.2, 0.25) is 5.82 Å². The highest BCUT2D eigenvalue weighted by molar-refractivity contribution is 5.84. The monoisotopic (exact) mass is 244 g/mol. The van der Waals surface area contributed by atoms with Crippen molar-refractivity contribution in [1.29, 1.82) is 0 Å². The number of nitrogens with zero attached hydrogens (tertiary/aromatic N) is 1. The highest BCUT2D eigenvalue weighted by Crippen LogP contribution is 2.19. The first kappa shape index (κ1) is 12.4. The standard InChI is InChI=1S/C14H16N2O2/c1-9(2)7-10-3-5-11(6-4-10)12-8-15-13(16-12)14(17)18/h3-6,8-9H,7H2,1-2H3,(H,15,16)(H,17,18). The first-order chi connectivity index (χ1) is 8.56. The highest BCUT2D eigenvalue weighted by atomic mass is 16.4. The molecule has 1 aromatic heterocycles. The molecule has 0 saturated heterocycles. The number of carboxylic acids is 1. The Hall–Kier alpha value is -2.10. The molecule has 0 bridgehead atoms. The zero-order valence-corrected chi connectivity index (χ0v) is 10.5. The minimum absolute atomic E-state index is 0.0312. The van der Waals surface area contributed by atoms with E-state index in [9.17, 15) is 4.79 Å². The summed E-state index contributed by atoms with van der Waals surface area (Å²) in [5, 5.41) is 8.79. The van der Waals surface area contributed by atoms with Gasteiger partial charge >= 0.3 is 5.97 Å². The number of nitrogens with one attached hydrogen (secondary N) is 1. The summed E-state index contributed by atoms with van der Waals surface area (Å²) in [7, 11) is 0. The van der Waals surface area contributed by atoms with Gasteiger partial charge in [0.1, 0.15) is 0 Å². The van der Waals surface area contributed by atoms with Crippen molar-refractivity contribution in [1.82, 2.24) is 9.97 Å². The van der Waals surface area contributed by atoms with Crippen molar-refractivity contribution in [3.63, 3.8) is 0 Å². The number of hydrogen-bond acceptors (Lipinski definition) is 2. The lowest BCUT2D eigenvalue weighted by atomic mass is 10.0. The quantitative estimate of drug-likeness (QED) is 0.868. The number of hydrogen-bond donors (Lipinski definition) is 2. The number of imidazole rings is 1. The van der Waals surface area contributed by atoms with E-state index < -0.39 is 5.97 Å². The topological polar surface area (TPSA) is 66.0 Å². The molecule has 2 N–H and O–H groups in total. The van der Waals surface area contributed by atoms with Crippen LogP contribution in [0.4, 0.5) is 0 Å². The smallest absolute Gasteiger partial charge is 0.371 e. The highest BCUT2D eigenvalue weighted by Gasteiger charge is 2.08. The molecule has 4 nitrogen and oxygen atoms in total. The normalized spacial score (nSPS) is 10.8. The van der Waals surface area contributed by atoms with Crippen LogP contribution in [0.5, 0.6) is 0 Å². The van der Waals surface area contributed by atoms with Gasteiger partial charge in [0.15, 0.2) is 0 Å². The van der Waals surface area contributed by atoms with Crippen molar-refractivity contribution in [2.45, 2.75) is 20.3 Å². The molecule has 94 valence electrons. The second kappa shape index (κ2) is 5.04. The summed E-state index contributed by atoms with van der Waals surface area (Å²) in [5.74, 6) is -0.449. The third kappa shape index (κ3) is 2.77. The average Bonchev–Trinajstić information content (AvgIpc) is 2.78. The van der Waals surface area contributed by atoms with E-state index in [4.69, 9.17) is 5.11 Å². The number of aromatic nitrogens is 2. The van der Waals surface area contributed by atoms with Crippen molar-refractivity contribution >= 4 is 5.97 Å². The summed E-state index contributed by atoms with van der Waals surface area (Å²) in [6.45, 7) is 4.36. The average molecular weight is 244 g/mol. The van der Waals surface area contributed by atoms with Crippen LogP contribution < -0.4 is 0 Å². The zero-order chi connectivity index (χ0) is 13.1. The Morgan fingerprint density at radius 2 is 2.00 bits per heavy atom. The molecule has 18 heavy (non-hydrogen) atoms. The minimum atomic E-state index is -1.04. The van der Waals surface area contributed by atoms with E-state index in [2.05, 4.69) is 35.9 Å². The molecule has 1 aromatic carbocycles. The van der Waals surface area contributed by atoms with Crippen LogP contribution in [0.15, 0.2) is 30.5 Å². The molecule has 1 heterocycles. The van der Waals surface area contributed by atoms with E-state index in [1.165, 1.54) is 5.56 Å². The van der Waals surface area contributed by atoms with Gasteiger partial charge in [-0.3, -0.25) is 0 Å². The molecule has 0 radical (unpaired) electrons. The maximum Gasteiger partial charge on any atom is 0.371 e. The number of aromatic amines is 1. The van der Waals surface area contributed by atoms with Gasteiger partial charge in [-0.15, -0.1) is 0 Å². The predicted molar refractivity (Wildman–Crippen MR) is 69.5 cm³/mol. The Morgan fingerprint density at radius 1 is 1.33 bits per heavy atom. The Morgan fingerprint density at radius 3 is 2.50 bits per heavy atom. The van der Waals surface area contributed by atoms with Crippen molar-refractivity contribution in [3.05, 3.63) is 41.9 Å². The van der Waals surface area contributed by atoms with Gasteiger partial charge in [-0.05, 0) is 23.5 Å². The van der Waals surface area contributed by atoms with Gasteiger partial charge in [-0.25, -0.2) is 9.78 Å². The first-order valence-corrected chi connectivity index (χ1v) is 5.94. The van der Waals surface area contributed by atoms with Crippen molar-refractivity contribution < 1.29 is 9.90 Å². The van der Waals surface area contributed by atoms with E-state index in [1.54, 1.807) is 6.20 Å². The third-order valence-corrected chi connectivity index (χ3v) is 2.69. The Labute approximate surface area is 106 Å². The van der Waals surface area contributed by atoms with Crippen LogP contribution in [0.25, 0.3) is 11.3 Å².